The molecule has 1 aromatic heterocycles. The molecule has 0 saturated heterocycles. The van der Waals surface area contributed by atoms with Gasteiger partial charge < -0.3 is 14.7 Å². The molecule has 0 radical (unpaired) electrons. The molecule has 1 atom stereocenters. The minimum Gasteiger partial charge on any atom is -0.480 e. The van der Waals surface area contributed by atoms with Gasteiger partial charge in [0.1, 0.15) is 6.04 Å². The standard InChI is InChI=1S/C13H23N3O3S/c1-8(2)6-9(12(17)18)14-7-10-11(19-5)15-13(20-10)16(3)4/h8-9,14H,6-7H2,1-5H3,(H,17,18). The van der Waals surface area contributed by atoms with Crippen LogP contribution in [0.2, 0.25) is 0 Å². The number of carboxylic acid groups (broad SMARTS) is 1. The lowest BCUT2D eigenvalue weighted by molar-refractivity contribution is -0.140. The summed E-state index contributed by atoms with van der Waals surface area (Å²) in [4.78, 5) is 18.4. The molecule has 1 heterocycles. The molecule has 114 valence electrons. The van der Waals surface area contributed by atoms with Gasteiger partial charge in [0.05, 0.1) is 12.0 Å². The molecule has 0 spiro atoms. The van der Waals surface area contributed by atoms with Crippen molar-refractivity contribution in [3.8, 4) is 5.88 Å². The van der Waals surface area contributed by atoms with Crippen LogP contribution in [0.1, 0.15) is 25.1 Å². The van der Waals surface area contributed by atoms with Crippen LogP contribution in [0.5, 0.6) is 5.88 Å². The number of rotatable bonds is 8. The average Bonchev–Trinajstić information content (AvgIpc) is 2.77. The second-order valence-electron chi connectivity index (χ2n) is 5.22. The Labute approximate surface area is 123 Å². The van der Waals surface area contributed by atoms with Gasteiger partial charge in [-0.2, -0.15) is 4.98 Å². The third-order valence-corrected chi connectivity index (χ3v) is 3.94. The molecular weight excluding hydrogens is 278 g/mol. The molecule has 0 bridgehead atoms. The van der Waals surface area contributed by atoms with Crippen molar-refractivity contribution in [1.82, 2.24) is 10.3 Å². The molecule has 0 fully saturated rings. The smallest absolute Gasteiger partial charge is 0.320 e. The van der Waals surface area contributed by atoms with Crippen LogP contribution in [0, 0.1) is 5.92 Å². The van der Waals surface area contributed by atoms with Crippen molar-refractivity contribution in [2.75, 3.05) is 26.1 Å². The number of ether oxygens (including phenoxy) is 1. The van der Waals surface area contributed by atoms with E-state index in [1.807, 2.05) is 32.8 Å². The fraction of sp³-hybridized carbons (Fsp3) is 0.692. The van der Waals surface area contributed by atoms with Gasteiger partial charge in [-0.3, -0.25) is 10.1 Å². The first-order valence-corrected chi connectivity index (χ1v) is 7.34. The van der Waals surface area contributed by atoms with Crippen LogP contribution in [0.3, 0.4) is 0 Å². The molecule has 0 aliphatic carbocycles. The Morgan fingerprint density at radius 1 is 1.50 bits per heavy atom. The highest BCUT2D eigenvalue weighted by molar-refractivity contribution is 7.15. The Bertz CT molecular complexity index is 446. The van der Waals surface area contributed by atoms with E-state index in [1.54, 1.807) is 7.11 Å². The van der Waals surface area contributed by atoms with E-state index in [1.165, 1.54) is 11.3 Å². The number of carboxylic acids is 1. The van der Waals surface area contributed by atoms with Crippen molar-refractivity contribution in [2.45, 2.75) is 32.9 Å². The van der Waals surface area contributed by atoms with Crippen LogP contribution >= 0.6 is 11.3 Å². The normalized spacial score (nSPS) is 12.5. The van der Waals surface area contributed by atoms with Crippen LogP contribution in [0.4, 0.5) is 5.13 Å². The molecule has 0 amide bonds. The Balaban J connectivity index is 2.74. The Kier molecular flexibility index (Phi) is 6.22. The summed E-state index contributed by atoms with van der Waals surface area (Å²) in [5, 5.41) is 13.1. The quantitative estimate of drug-likeness (QED) is 0.763. The highest BCUT2D eigenvalue weighted by Crippen LogP contribution is 2.30. The van der Waals surface area contributed by atoms with Gasteiger partial charge in [0.15, 0.2) is 5.13 Å². The molecule has 7 heteroatoms. The summed E-state index contributed by atoms with van der Waals surface area (Å²) < 4.78 is 5.24. The molecule has 6 nitrogen and oxygen atoms in total. The van der Waals surface area contributed by atoms with Gasteiger partial charge in [0.2, 0.25) is 5.88 Å². The number of thiazole rings is 1. The van der Waals surface area contributed by atoms with E-state index in [4.69, 9.17) is 4.74 Å². The second kappa shape index (κ2) is 7.44. The van der Waals surface area contributed by atoms with Crippen molar-refractivity contribution >= 4 is 22.4 Å². The molecule has 0 aliphatic rings. The third-order valence-electron chi connectivity index (χ3n) is 2.74. The van der Waals surface area contributed by atoms with Crippen molar-refractivity contribution in [3.63, 3.8) is 0 Å². The zero-order chi connectivity index (χ0) is 15.3. The summed E-state index contributed by atoms with van der Waals surface area (Å²) in [6.45, 7) is 4.46. The van der Waals surface area contributed by atoms with Crippen LogP contribution in [0.25, 0.3) is 0 Å². The van der Waals surface area contributed by atoms with Crippen LogP contribution in [0.15, 0.2) is 0 Å². The first-order valence-electron chi connectivity index (χ1n) is 6.52. The molecule has 0 aliphatic heterocycles. The number of carbonyl (C=O) groups is 1. The maximum atomic E-state index is 11.2. The number of nitrogens with zero attached hydrogens (tertiary/aromatic N) is 2. The first kappa shape index (κ1) is 16.7. The van der Waals surface area contributed by atoms with Gasteiger partial charge in [-0.1, -0.05) is 25.2 Å². The molecule has 1 aromatic rings. The van der Waals surface area contributed by atoms with Gasteiger partial charge in [-0.15, -0.1) is 0 Å². The number of hydrogen-bond donors (Lipinski definition) is 2. The predicted molar refractivity (Wildman–Crippen MR) is 80.7 cm³/mol. The fourth-order valence-corrected chi connectivity index (χ4v) is 2.65. The summed E-state index contributed by atoms with van der Waals surface area (Å²) in [6.07, 6.45) is 0.594. The number of anilines is 1. The van der Waals surface area contributed by atoms with E-state index < -0.39 is 12.0 Å². The van der Waals surface area contributed by atoms with Gasteiger partial charge in [-0.25, -0.2) is 0 Å². The zero-order valence-electron chi connectivity index (χ0n) is 12.6. The zero-order valence-corrected chi connectivity index (χ0v) is 13.5. The van der Waals surface area contributed by atoms with Crippen LogP contribution in [-0.4, -0.2) is 43.3 Å². The maximum Gasteiger partial charge on any atom is 0.320 e. The molecule has 1 rings (SSSR count). The van der Waals surface area contributed by atoms with Gasteiger partial charge in [0, 0.05) is 20.6 Å². The summed E-state index contributed by atoms with van der Waals surface area (Å²) >= 11 is 1.50. The van der Waals surface area contributed by atoms with Gasteiger partial charge >= 0.3 is 5.97 Å². The number of methoxy groups -OCH3 is 1. The second-order valence-corrected chi connectivity index (χ2v) is 6.29. The van der Waals surface area contributed by atoms with E-state index in [0.29, 0.717) is 24.8 Å². The third kappa shape index (κ3) is 4.64. The van der Waals surface area contributed by atoms with Crippen LogP contribution in [-0.2, 0) is 11.3 Å². The molecule has 1 unspecified atom stereocenters. The Morgan fingerprint density at radius 2 is 2.15 bits per heavy atom. The summed E-state index contributed by atoms with van der Waals surface area (Å²) in [5.41, 5.74) is 0. The summed E-state index contributed by atoms with van der Waals surface area (Å²) in [6, 6.07) is -0.551. The monoisotopic (exact) mass is 301 g/mol. The first-order chi connectivity index (χ1) is 9.35. The van der Waals surface area contributed by atoms with E-state index >= 15 is 0 Å². The predicted octanol–water partition coefficient (Wildman–Crippen LogP) is 1.81. The molecule has 2 N–H and O–H groups in total. The van der Waals surface area contributed by atoms with Crippen molar-refractivity contribution in [2.24, 2.45) is 5.92 Å². The SMILES string of the molecule is COc1nc(N(C)C)sc1CNC(CC(C)C)C(=O)O. The van der Waals surface area contributed by atoms with E-state index in [-0.39, 0.29) is 0 Å². The average molecular weight is 301 g/mol. The van der Waals surface area contributed by atoms with Crippen molar-refractivity contribution in [1.29, 1.82) is 0 Å². The summed E-state index contributed by atoms with van der Waals surface area (Å²) in [7, 11) is 5.39. The topological polar surface area (TPSA) is 74.7 Å². The van der Waals surface area contributed by atoms with Crippen molar-refractivity contribution < 1.29 is 14.6 Å². The van der Waals surface area contributed by atoms with E-state index in [0.717, 1.165) is 10.0 Å². The fourth-order valence-electron chi connectivity index (χ4n) is 1.75. The minimum atomic E-state index is -0.824. The van der Waals surface area contributed by atoms with Gasteiger partial charge in [0.25, 0.3) is 0 Å². The lowest BCUT2D eigenvalue weighted by Crippen LogP contribution is -2.37. The highest BCUT2D eigenvalue weighted by Gasteiger charge is 2.20. The van der Waals surface area contributed by atoms with E-state index in [9.17, 15) is 9.90 Å². The summed E-state index contributed by atoms with van der Waals surface area (Å²) in [5.74, 6) is 0.0548. The largest absolute Gasteiger partial charge is 0.480 e. The number of aliphatic carboxylic acids is 1. The molecule has 0 saturated carbocycles. The Morgan fingerprint density at radius 3 is 2.60 bits per heavy atom. The lowest BCUT2D eigenvalue weighted by Gasteiger charge is -2.16. The van der Waals surface area contributed by atoms with Gasteiger partial charge in [-0.05, 0) is 12.3 Å². The Hall–Kier alpha value is -1.34. The van der Waals surface area contributed by atoms with E-state index in [2.05, 4.69) is 10.3 Å². The maximum absolute atomic E-state index is 11.2. The lowest BCUT2D eigenvalue weighted by atomic mass is 10.0. The molecule has 0 aromatic carbocycles. The molecule has 20 heavy (non-hydrogen) atoms. The molecular formula is C13H23N3O3S. The number of nitrogens with one attached hydrogen (secondary N) is 1. The number of aromatic nitrogens is 1. The minimum absolute atomic E-state index is 0.323. The number of hydrogen-bond acceptors (Lipinski definition) is 6. The highest BCUT2D eigenvalue weighted by atomic mass is 32.1. The van der Waals surface area contributed by atoms with Crippen LogP contribution < -0.4 is 15.0 Å². The van der Waals surface area contributed by atoms with Crippen molar-refractivity contribution in [3.05, 3.63) is 4.88 Å².